The molecule has 2 aromatic carbocycles. The maximum absolute atomic E-state index is 12.7. The van der Waals surface area contributed by atoms with Crippen LogP contribution in [-0.4, -0.2) is 23.2 Å². The van der Waals surface area contributed by atoms with Gasteiger partial charge in [-0.15, -0.1) is 0 Å². The van der Waals surface area contributed by atoms with Crippen LogP contribution in [0.4, 0.5) is 24.5 Å². The lowest BCUT2D eigenvalue weighted by Gasteiger charge is -2.09. The van der Waals surface area contributed by atoms with Gasteiger partial charge in [-0.1, -0.05) is 0 Å². The molecule has 0 saturated heterocycles. The van der Waals surface area contributed by atoms with Gasteiger partial charge in [0.15, 0.2) is 0 Å². The third-order valence-corrected chi connectivity index (χ3v) is 3.49. The molecule has 0 amide bonds. The van der Waals surface area contributed by atoms with Gasteiger partial charge in [0.2, 0.25) is 0 Å². The number of alkyl halides is 3. The molecule has 0 fully saturated rings. The fourth-order valence-corrected chi connectivity index (χ4v) is 2.10. The van der Waals surface area contributed by atoms with Crippen LogP contribution in [0.5, 0.6) is 5.75 Å². The molecule has 2 rings (SSSR count). The number of hydrogen-bond acceptors (Lipinski definition) is 7. The Morgan fingerprint density at radius 1 is 1.21 bits per heavy atom. The second-order valence-corrected chi connectivity index (χ2v) is 5.48. The van der Waals surface area contributed by atoms with Gasteiger partial charge >= 0.3 is 6.18 Å². The Hall–Kier alpha value is -3.63. The summed E-state index contributed by atoms with van der Waals surface area (Å²) in [5.41, 5.74) is 1.23. The predicted octanol–water partition coefficient (Wildman–Crippen LogP) is 2.58. The van der Waals surface area contributed by atoms with Crippen molar-refractivity contribution in [3.8, 4) is 5.75 Å². The first-order valence-electron chi connectivity index (χ1n) is 7.67. The number of carboxylic acids is 1. The number of hydrogen-bond donors (Lipinski definition) is 1. The third kappa shape index (κ3) is 5.43. The van der Waals surface area contributed by atoms with Gasteiger partial charge in [-0.05, 0) is 48.9 Å². The van der Waals surface area contributed by atoms with E-state index in [1.807, 2.05) is 0 Å². The Balaban J connectivity index is 2.18. The molecular formula is C17H13F3N3O5-. The molecule has 0 saturated carbocycles. The number of carbonyl (C=O) groups is 1. The Bertz CT molecular complexity index is 911. The highest BCUT2D eigenvalue weighted by atomic mass is 19.4. The van der Waals surface area contributed by atoms with E-state index in [9.17, 15) is 33.2 Å². The Labute approximate surface area is 156 Å². The number of carboxylic acid groups (broad SMARTS) is 1. The number of nitro benzene ring substituents is 1. The van der Waals surface area contributed by atoms with E-state index in [-0.39, 0.29) is 11.4 Å². The number of aliphatic carboxylic acids is 1. The summed E-state index contributed by atoms with van der Waals surface area (Å²) in [5, 5.41) is 25.3. The lowest BCUT2D eigenvalue weighted by molar-refractivity contribution is -0.384. The van der Waals surface area contributed by atoms with Gasteiger partial charge in [0.05, 0.1) is 22.2 Å². The number of benzene rings is 2. The van der Waals surface area contributed by atoms with Crippen molar-refractivity contribution in [2.75, 3.05) is 12.0 Å². The number of hydrazone groups is 1. The topological polar surface area (TPSA) is 117 Å². The molecule has 0 aliphatic rings. The van der Waals surface area contributed by atoms with Crippen LogP contribution in [0.25, 0.3) is 0 Å². The van der Waals surface area contributed by atoms with Crippen LogP contribution in [0, 0.1) is 10.1 Å². The predicted molar refractivity (Wildman–Crippen MR) is 90.9 cm³/mol. The molecule has 0 spiro atoms. The van der Waals surface area contributed by atoms with Crippen molar-refractivity contribution in [1.29, 1.82) is 0 Å². The van der Waals surface area contributed by atoms with Gasteiger partial charge in [0, 0.05) is 6.07 Å². The second-order valence-electron chi connectivity index (χ2n) is 5.48. The number of anilines is 1. The standard InChI is InChI=1S/C17H14F3N3O5/c1-10(11-2-5-13(6-3-11)28-9-16(24)25)21-22-14-7-4-12(17(18,19)20)8-15(14)23(26)27/h2-8,22H,9H2,1H3,(H,24,25)/p-1/b21-10-. The molecule has 0 radical (unpaired) electrons. The highest BCUT2D eigenvalue weighted by Crippen LogP contribution is 2.35. The molecule has 0 heterocycles. The monoisotopic (exact) mass is 396 g/mol. The fourth-order valence-electron chi connectivity index (χ4n) is 2.10. The van der Waals surface area contributed by atoms with Gasteiger partial charge in [-0.2, -0.15) is 18.3 Å². The lowest BCUT2D eigenvalue weighted by Crippen LogP contribution is -2.28. The minimum Gasteiger partial charge on any atom is -0.546 e. The largest absolute Gasteiger partial charge is 0.546 e. The Morgan fingerprint density at radius 3 is 2.39 bits per heavy atom. The highest BCUT2D eigenvalue weighted by Gasteiger charge is 2.33. The van der Waals surface area contributed by atoms with Crippen molar-refractivity contribution in [2.24, 2.45) is 5.10 Å². The van der Waals surface area contributed by atoms with Gasteiger partial charge < -0.3 is 14.6 Å². The van der Waals surface area contributed by atoms with Crippen LogP contribution < -0.4 is 15.3 Å². The summed E-state index contributed by atoms with van der Waals surface area (Å²) in [7, 11) is 0. The smallest absolute Gasteiger partial charge is 0.416 e. The molecular weight excluding hydrogens is 383 g/mol. The van der Waals surface area contributed by atoms with Crippen molar-refractivity contribution in [3.63, 3.8) is 0 Å². The quantitative estimate of drug-likeness (QED) is 0.437. The van der Waals surface area contributed by atoms with Crippen molar-refractivity contribution in [3.05, 3.63) is 63.7 Å². The van der Waals surface area contributed by atoms with Crippen LogP contribution in [0.15, 0.2) is 47.6 Å². The summed E-state index contributed by atoms with van der Waals surface area (Å²) >= 11 is 0. The van der Waals surface area contributed by atoms with Crippen LogP contribution >= 0.6 is 0 Å². The SMILES string of the molecule is C/C(=N/Nc1ccc(C(F)(F)F)cc1[N+](=O)[O-])c1ccc(OCC(=O)[O-])cc1. The zero-order valence-corrected chi connectivity index (χ0v) is 14.3. The molecule has 148 valence electrons. The number of nitro groups is 1. The van der Waals surface area contributed by atoms with Crippen LogP contribution in [0.1, 0.15) is 18.1 Å². The van der Waals surface area contributed by atoms with E-state index in [4.69, 9.17) is 4.74 Å². The van der Waals surface area contributed by atoms with E-state index in [1.165, 1.54) is 12.1 Å². The average Bonchev–Trinajstić information content (AvgIpc) is 2.63. The summed E-state index contributed by atoms with van der Waals surface area (Å²) < 4.78 is 43.1. The first kappa shape index (κ1) is 20.7. The fraction of sp³-hybridized carbons (Fsp3) is 0.176. The van der Waals surface area contributed by atoms with Crippen molar-refractivity contribution < 1.29 is 32.7 Å². The first-order chi connectivity index (χ1) is 13.1. The summed E-state index contributed by atoms with van der Waals surface area (Å²) in [6, 6.07) is 8.16. The number of rotatable bonds is 7. The zero-order chi connectivity index (χ0) is 20.9. The van der Waals surface area contributed by atoms with Crippen LogP contribution in [0.3, 0.4) is 0 Å². The maximum atomic E-state index is 12.7. The molecule has 0 unspecified atom stereocenters. The summed E-state index contributed by atoms with van der Waals surface area (Å²) in [5.74, 6) is -1.09. The van der Waals surface area contributed by atoms with Crippen LogP contribution in [0.2, 0.25) is 0 Å². The molecule has 2 aromatic rings. The van der Waals surface area contributed by atoms with Gasteiger partial charge in [-0.3, -0.25) is 15.5 Å². The molecule has 0 aliphatic carbocycles. The molecule has 8 nitrogen and oxygen atoms in total. The van der Waals surface area contributed by atoms with Crippen molar-refractivity contribution >= 4 is 23.1 Å². The van der Waals surface area contributed by atoms with E-state index in [0.717, 1.165) is 6.07 Å². The average molecular weight is 396 g/mol. The molecule has 0 atom stereocenters. The molecule has 0 aromatic heterocycles. The van der Waals surface area contributed by atoms with E-state index in [1.54, 1.807) is 19.1 Å². The normalized spacial score (nSPS) is 11.8. The maximum Gasteiger partial charge on any atom is 0.416 e. The van der Waals surface area contributed by atoms with Crippen molar-refractivity contribution in [2.45, 2.75) is 13.1 Å². The third-order valence-electron chi connectivity index (χ3n) is 3.49. The number of nitrogens with one attached hydrogen (secondary N) is 1. The minimum atomic E-state index is -4.71. The minimum absolute atomic E-state index is 0.203. The van der Waals surface area contributed by atoms with Gasteiger partial charge in [-0.25, -0.2) is 0 Å². The van der Waals surface area contributed by atoms with Gasteiger partial charge in [0.25, 0.3) is 5.69 Å². The van der Waals surface area contributed by atoms with E-state index < -0.39 is 34.9 Å². The highest BCUT2D eigenvalue weighted by molar-refractivity contribution is 5.99. The van der Waals surface area contributed by atoms with Gasteiger partial charge in [0.1, 0.15) is 18.0 Å². The number of nitrogens with zero attached hydrogens (tertiary/aromatic N) is 2. The number of halogens is 3. The van der Waals surface area contributed by atoms with E-state index in [2.05, 4.69) is 10.5 Å². The summed E-state index contributed by atoms with van der Waals surface area (Å²) in [6.45, 7) is 0.964. The molecule has 11 heteroatoms. The second kappa shape index (κ2) is 8.37. The lowest BCUT2D eigenvalue weighted by atomic mass is 10.1. The Kier molecular flexibility index (Phi) is 6.18. The number of ether oxygens (including phenoxy) is 1. The Morgan fingerprint density at radius 2 is 1.86 bits per heavy atom. The summed E-state index contributed by atoms with van der Waals surface area (Å²) in [6.07, 6.45) is -4.71. The first-order valence-corrected chi connectivity index (χ1v) is 7.67. The zero-order valence-electron chi connectivity index (χ0n) is 14.3. The van der Waals surface area contributed by atoms with Crippen molar-refractivity contribution in [1.82, 2.24) is 0 Å². The molecule has 28 heavy (non-hydrogen) atoms. The van der Waals surface area contributed by atoms with E-state index in [0.29, 0.717) is 23.4 Å². The number of carbonyl (C=O) groups excluding carboxylic acids is 1. The summed E-state index contributed by atoms with van der Waals surface area (Å²) in [4.78, 5) is 20.5. The van der Waals surface area contributed by atoms with Crippen LogP contribution in [-0.2, 0) is 11.0 Å². The molecule has 0 aliphatic heterocycles. The van der Waals surface area contributed by atoms with E-state index >= 15 is 0 Å². The molecule has 0 bridgehead atoms. The molecule has 1 N–H and O–H groups in total.